The number of rotatable bonds is 5. The maximum absolute atomic E-state index is 9.73. The van der Waals surface area contributed by atoms with Crippen molar-refractivity contribution in [1.82, 2.24) is 0 Å². The first-order valence-electron chi connectivity index (χ1n) is 22.9. The second kappa shape index (κ2) is 11.0. The Bertz CT molecular complexity index is 3670. The highest BCUT2D eigenvalue weighted by molar-refractivity contribution is 6.20. The summed E-state index contributed by atoms with van der Waals surface area (Å²) >= 11 is 0. The molecule has 3 nitrogen and oxygen atoms in total. The highest BCUT2D eigenvalue weighted by Crippen LogP contribution is 2.47. The Morgan fingerprint density at radius 2 is 1.22 bits per heavy atom. The van der Waals surface area contributed by atoms with E-state index in [-0.39, 0.29) is 33.3 Å². The van der Waals surface area contributed by atoms with Crippen LogP contribution >= 0.6 is 0 Å². The van der Waals surface area contributed by atoms with E-state index in [9.17, 15) is 9.60 Å². The molecule has 3 heteroatoms. The van der Waals surface area contributed by atoms with Crippen molar-refractivity contribution >= 4 is 71.7 Å². The number of furan rings is 2. The lowest BCUT2D eigenvalue weighted by Gasteiger charge is -2.28. The molecule has 10 rings (SSSR count). The molecule has 0 radical (unpaired) electrons. The van der Waals surface area contributed by atoms with Crippen LogP contribution in [0.15, 0.2) is 184 Å². The van der Waals surface area contributed by atoms with Crippen LogP contribution in [-0.4, -0.2) is 0 Å². The monoisotopic (exact) mass is 642 g/mol. The average Bonchev–Trinajstić information content (AvgIpc) is 3.90. The molecule has 0 bridgehead atoms. The van der Waals surface area contributed by atoms with Crippen molar-refractivity contribution < 1.29 is 29.4 Å². The lowest BCUT2D eigenvalue weighted by molar-refractivity contribution is 0.669. The van der Waals surface area contributed by atoms with Gasteiger partial charge in [-0.1, -0.05) is 121 Å². The van der Waals surface area contributed by atoms with Gasteiger partial charge in [0.2, 0.25) is 0 Å². The molecule has 8 aromatic carbocycles. The van der Waals surface area contributed by atoms with E-state index in [2.05, 4.69) is 0 Å². The Morgan fingerprint density at radius 3 is 2.14 bits per heavy atom. The number of nitrogens with zero attached hydrogens (tertiary/aromatic N) is 1. The van der Waals surface area contributed by atoms with Crippen LogP contribution in [0.1, 0.15) is 20.6 Å². The van der Waals surface area contributed by atoms with Gasteiger partial charge in [-0.05, 0) is 76.5 Å². The molecular formula is C46H29NO2. The standard InChI is InChI=1S/C46H29NO2/c1-2-11-31(12-3-1)35-14-6-8-17-40(35)47(41-18-10-20-44-45(41)38-27-23-32-13-4-5-15-36(32)46(38)49-44)34-25-21-30(22-26-34)33-24-28-43-39(29-33)37-16-7-9-19-42(37)48-43/h1-29H/i6D,7D,8D,9D,14D,16D,17D,19D,21D,22D,24D,25D,26D,28D,29D. The molecule has 49 heavy (non-hydrogen) atoms. The van der Waals surface area contributed by atoms with Gasteiger partial charge < -0.3 is 13.7 Å². The normalized spacial score (nSPS) is 16.0. The van der Waals surface area contributed by atoms with Crippen molar-refractivity contribution in [3.63, 3.8) is 0 Å². The first kappa shape index (κ1) is 16.5. The van der Waals surface area contributed by atoms with Crippen molar-refractivity contribution in [2.45, 2.75) is 0 Å². The van der Waals surface area contributed by atoms with E-state index in [1.165, 1.54) is 4.90 Å². The Kier molecular flexibility index (Phi) is 3.70. The quantitative estimate of drug-likeness (QED) is 0.187. The molecule has 0 N–H and O–H groups in total. The minimum atomic E-state index is -0.770. The summed E-state index contributed by atoms with van der Waals surface area (Å²) < 4.78 is 148. The van der Waals surface area contributed by atoms with Crippen LogP contribution < -0.4 is 4.90 Å². The molecule has 0 atom stereocenters. The fourth-order valence-corrected chi connectivity index (χ4v) is 6.33. The molecule has 0 amide bonds. The molecule has 2 aromatic heterocycles. The molecule has 0 aliphatic carbocycles. The van der Waals surface area contributed by atoms with E-state index >= 15 is 0 Å². The van der Waals surface area contributed by atoms with Crippen molar-refractivity contribution in [3.05, 3.63) is 176 Å². The van der Waals surface area contributed by atoms with Gasteiger partial charge in [0.15, 0.2) is 0 Å². The highest BCUT2D eigenvalue weighted by Gasteiger charge is 2.22. The number of benzene rings is 8. The Labute approximate surface area is 303 Å². The van der Waals surface area contributed by atoms with Gasteiger partial charge in [0, 0.05) is 32.8 Å². The maximum Gasteiger partial charge on any atom is 0.143 e. The van der Waals surface area contributed by atoms with Crippen molar-refractivity contribution in [2.75, 3.05) is 4.90 Å². The smallest absolute Gasteiger partial charge is 0.143 e. The summed E-state index contributed by atoms with van der Waals surface area (Å²) in [5.74, 6) is 0. The van der Waals surface area contributed by atoms with E-state index < -0.39 is 113 Å². The summed E-state index contributed by atoms with van der Waals surface area (Å²) in [4.78, 5) is 1.28. The third-order valence-electron chi connectivity index (χ3n) is 8.53. The number of anilines is 3. The van der Waals surface area contributed by atoms with Crippen LogP contribution in [0, 0.1) is 0 Å². The minimum absolute atomic E-state index is 0.00891. The maximum atomic E-state index is 9.73. The van der Waals surface area contributed by atoms with Crippen LogP contribution in [-0.2, 0) is 0 Å². The van der Waals surface area contributed by atoms with Crippen molar-refractivity contribution in [3.8, 4) is 22.3 Å². The zero-order valence-electron chi connectivity index (χ0n) is 40.3. The van der Waals surface area contributed by atoms with Crippen LogP contribution in [0.25, 0.3) is 76.9 Å². The van der Waals surface area contributed by atoms with E-state index in [0.717, 1.165) is 10.8 Å². The van der Waals surface area contributed by atoms with E-state index in [1.54, 1.807) is 48.5 Å². The second-order valence-electron chi connectivity index (χ2n) is 11.3. The van der Waals surface area contributed by atoms with Crippen LogP contribution in [0.2, 0.25) is 0 Å². The average molecular weight is 643 g/mol. The lowest BCUT2D eigenvalue weighted by Crippen LogP contribution is -2.11. The largest absolute Gasteiger partial charge is 0.456 e. The van der Waals surface area contributed by atoms with E-state index in [4.69, 9.17) is 19.8 Å². The molecule has 10 aromatic rings. The SMILES string of the molecule is [2H]c1c([2H])c([2H])c(N(c2c([2H])c([2H])c(-c3c([2H])c([2H])c4oc5c([2H])c([2H])c([2H])c([2H])c5c4c3[2H])c([2H])c2[2H])c2cccc3oc4c5ccccc5ccc4c23)c(-c2ccccc2)c1[2H]. The molecule has 0 saturated heterocycles. The summed E-state index contributed by atoms with van der Waals surface area (Å²) in [6.45, 7) is 0. The third-order valence-corrected chi connectivity index (χ3v) is 8.53. The zero-order chi connectivity index (χ0) is 45.4. The lowest BCUT2D eigenvalue weighted by atomic mass is 9.99. The number of para-hydroxylation sites is 2. The van der Waals surface area contributed by atoms with E-state index in [0.29, 0.717) is 27.5 Å². The number of hydrogen-bond donors (Lipinski definition) is 0. The zero-order valence-corrected chi connectivity index (χ0v) is 25.3. The highest BCUT2D eigenvalue weighted by atomic mass is 16.3. The van der Waals surface area contributed by atoms with Gasteiger partial charge in [0.05, 0.1) is 37.3 Å². The van der Waals surface area contributed by atoms with E-state index in [1.807, 2.05) is 36.4 Å². The van der Waals surface area contributed by atoms with Crippen LogP contribution in [0.4, 0.5) is 17.1 Å². The summed E-state index contributed by atoms with van der Waals surface area (Å²) in [5, 5.41) is 2.14. The van der Waals surface area contributed by atoms with Crippen molar-refractivity contribution in [2.24, 2.45) is 0 Å². The van der Waals surface area contributed by atoms with Gasteiger partial charge in [0.25, 0.3) is 0 Å². The van der Waals surface area contributed by atoms with Gasteiger partial charge in [-0.3, -0.25) is 0 Å². The molecule has 0 fully saturated rings. The predicted molar refractivity (Wildman–Crippen MR) is 204 cm³/mol. The van der Waals surface area contributed by atoms with Crippen LogP contribution in [0.5, 0.6) is 0 Å². The Hall–Kier alpha value is -6.58. The molecule has 0 aliphatic heterocycles. The minimum Gasteiger partial charge on any atom is -0.456 e. The molecule has 0 saturated carbocycles. The fourth-order valence-electron chi connectivity index (χ4n) is 6.33. The number of hydrogen-bond acceptors (Lipinski definition) is 3. The summed E-state index contributed by atoms with van der Waals surface area (Å²) in [5.41, 5.74) is -1.11. The van der Waals surface area contributed by atoms with Gasteiger partial charge in [-0.2, -0.15) is 0 Å². The Balaban J connectivity index is 1.35. The molecule has 0 unspecified atom stereocenters. The van der Waals surface area contributed by atoms with Gasteiger partial charge in [-0.15, -0.1) is 0 Å². The fraction of sp³-hybridized carbons (Fsp3) is 0. The topological polar surface area (TPSA) is 29.5 Å². The first-order valence-corrected chi connectivity index (χ1v) is 15.4. The summed E-state index contributed by atoms with van der Waals surface area (Å²) in [6, 6.07) is 15.1. The predicted octanol–water partition coefficient (Wildman–Crippen LogP) is 13.4. The number of fused-ring (bicyclic) bond motifs is 8. The third kappa shape index (κ3) is 4.44. The molecule has 0 spiro atoms. The first-order chi connectivity index (χ1) is 30.6. The Morgan fingerprint density at radius 1 is 0.449 bits per heavy atom. The molecule has 0 aliphatic rings. The van der Waals surface area contributed by atoms with Crippen LogP contribution in [0.3, 0.4) is 0 Å². The second-order valence-corrected chi connectivity index (χ2v) is 11.3. The molecular weight excluding hydrogens is 599 g/mol. The molecule has 2 heterocycles. The van der Waals surface area contributed by atoms with Gasteiger partial charge in [0.1, 0.15) is 22.3 Å². The van der Waals surface area contributed by atoms with Crippen molar-refractivity contribution in [1.29, 1.82) is 0 Å². The summed E-state index contributed by atoms with van der Waals surface area (Å²) in [6.07, 6.45) is 0. The van der Waals surface area contributed by atoms with Gasteiger partial charge >= 0.3 is 0 Å². The molecule has 230 valence electrons. The summed E-state index contributed by atoms with van der Waals surface area (Å²) in [7, 11) is 0. The van der Waals surface area contributed by atoms with Gasteiger partial charge in [-0.25, -0.2) is 0 Å².